The van der Waals surface area contributed by atoms with Gasteiger partial charge in [-0.05, 0) is 103 Å². The van der Waals surface area contributed by atoms with Crippen LogP contribution >= 0.6 is 0 Å². The minimum absolute atomic E-state index is 0.349. The average Bonchev–Trinajstić information content (AvgIpc) is 2.49. The van der Waals surface area contributed by atoms with E-state index in [1.54, 1.807) is 0 Å². The van der Waals surface area contributed by atoms with Crippen molar-refractivity contribution in [2.24, 2.45) is 0 Å². The van der Waals surface area contributed by atoms with Crippen molar-refractivity contribution in [1.82, 2.24) is 0 Å². The van der Waals surface area contributed by atoms with Crippen LogP contribution in [0.15, 0.2) is 12.1 Å². The van der Waals surface area contributed by atoms with E-state index in [4.69, 9.17) is 0 Å². The van der Waals surface area contributed by atoms with Gasteiger partial charge in [0, 0.05) is 0 Å². The Labute approximate surface area is 152 Å². The number of phenols is 2. The predicted molar refractivity (Wildman–Crippen MR) is 106 cm³/mol. The third-order valence-electron chi connectivity index (χ3n) is 5.39. The summed E-state index contributed by atoms with van der Waals surface area (Å²) in [5.74, 6) is 1.46. The van der Waals surface area contributed by atoms with Crippen molar-refractivity contribution in [3.63, 3.8) is 0 Å². The Morgan fingerprint density at radius 2 is 1.00 bits per heavy atom. The molecule has 0 saturated heterocycles. The van der Waals surface area contributed by atoms with Gasteiger partial charge >= 0.3 is 0 Å². The van der Waals surface area contributed by atoms with Gasteiger partial charge in [0.05, 0.1) is 0 Å². The Hall–Kier alpha value is -1.96. The molecule has 0 atom stereocenters. The molecule has 0 radical (unpaired) electrons. The molecule has 2 nitrogen and oxygen atoms in total. The average molecular weight is 341 g/mol. The zero-order valence-electron chi connectivity index (χ0n) is 16.9. The monoisotopic (exact) mass is 340 g/mol. The van der Waals surface area contributed by atoms with E-state index in [0.717, 1.165) is 28.7 Å². The van der Waals surface area contributed by atoms with Crippen molar-refractivity contribution in [3.05, 3.63) is 56.6 Å². The van der Waals surface area contributed by atoms with Crippen LogP contribution < -0.4 is 0 Å². The quantitative estimate of drug-likeness (QED) is 0.699. The highest BCUT2D eigenvalue weighted by atomic mass is 16.3. The first-order chi connectivity index (χ1) is 11.6. The van der Waals surface area contributed by atoms with Crippen LogP contribution in [-0.4, -0.2) is 10.2 Å². The highest BCUT2D eigenvalue weighted by Crippen LogP contribution is 2.38. The van der Waals surface area contributed by atoms with Gasteiger partial charge in [-0.3, -0.25) is 0 Å². The summed E-state index contributed by atoms with van der Waals surface area (Å²) in [5, 5.41) is 20.5. The van der Waals surface area contributed by atoms with E-state index in [-0.39, 0.29) is 0 Å². The molecule has 2 aromatic carbocycles. The first kappa shape index (κ1) is 19.4. The third kappa shape index (κ3) is 3.53. The molecular weight excluding hydrogens is 308 g/mol. The van der Waals surface area contributed by atoms with Crippen LogP contribution in [-0.2, 0) is 6.42 Å². The number of rotatable bonds is 4. The second kappa shape index (κ2) is 7.11. The van der Waals surface area contributed by atoms with Gasteiger partial charge in [-0.1, -0.05) is 27.7 Å². The van der Waals surface area contributed by atoms with Crippen molar-refractivity contribution < 1.29 is 10.2 Å². The maximum Gasteiger partial charge on any atom is 0.119 e. The number of phenolic OH excluding ortho intramolecular Hbond substituents is 2. The summed E-state index contributed by atoms with van der Waals surface area (Å²) >= 11 is 0. The molecule has 2 aromatic rings. The summed E-state index contributed by atoms with van der Waals surface area (Å²) in [4.78, 5) is 0. The maximum atomic E-state index is 10.3. The third-order valence-corrected chi connectivity index (χ3v) is 5.39. The minimum atomic E-state index is 0.349. The molecule has 0 aliphatic heterocycles. The standard InChI is InChI=1S/C23H32O2/c1-12(2)22-16(7)20(24)9-14(5)18(22)11-19-15(6)10-21(25)17(8)23(19)13(3)4/h9-10,12-13,24-25H,11H2,1-8H3. The molecule has 0 heterocycles. The fourth-order valence-corrected chi connectivity index (χ4v) is 4.16. The number of aromatic hydroxyl groups is 2. The molecule has 0 unspecified atom stereocenters. The number of hydrogen-bond donors (Lipinski definition) is 2. The summed E-state index contributed by atoms with van der Waals surface area (Å²) in [6.45, 7) is 16.9. The maximum absolute atomic E-state index is 10.3. The van der Waals surface area contributed by atoms with Gasteiger partial charge in [0.1, 0.15) is 11.5 Å². The molecule has 25 heavy (non-hydrogen) atoms. The Kier molecular flexibility index (Phi) is 5.51. The number of hydrogen-bond acceptors (Lipinski definition) is 2. The van der Waals surface area contributed by atoms with E-state index in [1.165, 1.54) is 22.3 Å². The second-order valence-electron chi connectivity index (χ2n) is 7.95. The summed E-state index contributed by atoms with van der Waals surface area (Å²) < 4.78 is 0. The fourth-order valence-electron chi connectivity index (χ4n) is 4.16. The van der Waals surface area contributed by atoms with Crippen LogP contribution in [0.2, 0.25) is 0 Å². The molecule has 0 aliphatic rings. The fraction of sp³-hybridized carbons (Fsp3) is 0.478. The summed E-state index contributed by atoms with van der Waals surface area (Å²) in [6, 6.07) is 3.77. The van der Waals surface area contributed by atoms with Crippen molar-refractivity contribution in [1.29, 1.82) is 0 Å². The zero-order chi connectivity index (χ0) is 19.0. The highest BCUT2D eigenvalue weighted by molar-refractivity contribution is 5.55. The first-order valence-electron chi connectivity index (χ1n) is 9.20. The normalized spacial score (nSPS) is 11.6. The second-order valence-corrected chi connectivity index (χ2v) is 7.95. The van der Waals surface area contributed by atoms with Crippen molar-refractivity contribution in [2.75, 3.05) is 0 Å². The van der Waals surface area contributed by atoms with E-state index in [1.807, 2.05) is 26.0 Å². The first-order valence-corrected chi connectivity index (χ1v) is 9.20. The lowest BCUT2D eigenvalue weighted by molar-refractivity contribution is 0.468. The SMILES string of the molecule is Cc1cc(O)c(C)c(C(C)C)c1Cc1c(C)cc(O)c(C)c1C(C)C. The van der Waals surface area contributed by atoms with Gasteiger partial charge in [0.15, 0.2) is 0 Å². The summed E-state index contributed by atoms with van der Waals surface area (Å²) in [7, 11) is 0. The predicted octanol–water partition coefficient (Wildman–Crippen LogP) is 6.17. The van der Waals surface area contributed by atoms with Gasteiger partial charge in [-0.15, -0.1) is 0 Å². The number of benzene rings is 2. The Balaban J connectivity index is 2.74. The van der Waals surface area contributed by atoms with Crippen LogP contribution in [0.4, 0.5) is 0 Å². The van der Waals surface area contributed by atoms with E-state index >= 15 is 0 Å². The van der Waals surface area contributed by atoms with Crippen molar-refractivity contribution >= 4 is 0 Å². The molecule has 2 heteroatoms. The highest BCUT2D eigenvalue weighted by Gasteiger charge is 2.21. The molecule has 0 bridgehead atoms. The molecular formula is C23H32O2. The molecule has 2 N–H and O–H groups in total. The summed E-state index contributed by atoms with van der Waals surface area (Å²) in [5.41, 5.74) is 9.33. The van der Waals surface area contributed by atoms with E-state index in [0.29, 0.717) is 23.3 Å². The van der Waals surface area contributed by atoms with E-state index < -0.39 is 0 Å². The molecule has 0 saturated carbocycles. The Morgan fingerprint density at radius 3 is 1.28 bits per heavy atom. The Bertz CT molecular complexity index is 731. The van der Waals surface area contributed by atoms with E-state index in [2.05, 4.69) is 41.5 Å². The smallest absolute Gasteiger partial charge is 0.119 e. The van der Waals surface area contributed by atoms with Crippen molar-refractivity contribution in [3.8, 4) is 11.5 Å². The van der Waals surface area contributed by atoms with Gasteiger partial charge in [-0.25, -0.2) is 0 Å². The molecule has 0 amide bonds. The molecule has 0 fully saturated rings. The van der Waals surface area contributed by atoms with E-state index in [9.17, 15) is 10.2 Å². The molecule has 0 spiro atoms. The molecule has 0 aliphatic carbocycles. The van der Waals surface area contributed by atoms with Gasteiger partial charge in [0.2, 0.25) is 0 Å². The van der Waals surface area contributed by atoms with Crippen LogP contribution in [0.3, 0.4) is 0 Å². The topological polar surface area (TPSA) is 40.5 Å². The van der Waals surface area contributed by atoms with Crippen LogP contribution in [0.5, 0.6) is 11.5 Å². The molecule has 136 valence electrons. The Morgan fingerprint density at radius 1 is 0.680 bits per heavy atom. The molecule has 0 aromatic heterocycles. The zero-order valence-corrected chi connectivity index (χ0v) is 16.9. The number of aryl methyl sites for hydroxylation is 2. The van der Waals surface area contributed by atoms with Gasteiger partial charge < -0.3 is 10.2 Å². The van der Waals surface area contributed by atoms with Gasteiger partial charge in [-0.2, -0.15) is 0 Å². The lowest BCUT2D eigenvalue weighted by atomic mass is 9.81. The summed E-state index contributed by atoms with van der Waals surface area (Å²) in [6.07, 6.45) is 0.834. The van der Waals surface area contributed by atoms with Gasteiger partial charge in [0.25, 0.3) is 0 Å². The minimum Gasteiger partial charge on any atom is -0.508 e. The van der Waals surface area contributed by atoms with Crippen LogP contribution in [0.1, 0.15) is 84.0 Å². The lowest BCUT2D eigenvalue weighted by Gasteiger charge is -2.24. The largest absolute Gasteiger partial charge is 0.508 e. The van der Waals surface area contributed by atoms with Crippen LogP contribution in [0.25, 0.3) is 0 Å². The van der Waals surface area contributed by atoms with Crippen molar-refractivity contribution in [2.45, 2.75) is 73.6 Å². The lowest BCUT2D eigenvalue weighted by Crippen LogP contribution is -2.09. The molecule has 2 rings (SSSR count). The van der Waals surface area contributed by atoms with Crippen LogP contribution in [0, 0.1) is 27.7 Å².